The van der Waals surface area contributed by atoms with Gasteiger partial charge in [-0.25, -0.2) is 4.79 Å². The lowest BCUT2D eigenvalue weighted by atomic mass is 10.1. The summed E-state index contributed by atoms with van der Waals surface area (Å²) in [4.78, 5) is 23.4. The predicted octanol–water partition coefficient (Wildman–Crippen LogP) is 3.97. The fourth-order valence-electron chi connectivity index (χ4n) is 1.77. The third kappa shape index (κ3) is 7.31. The minimum absolute atomic E-state index is 0.0800. The van der Waals surface area contributed by atoms with Crippen molar-refractivity contribution < 1.29 is 14.3 Å². The molecule has 0 fully saturated rings. The van der Waals surface area contributed by atoms with Gasteiger partial charge in [0.1, 0.15) is 5.60 Å². The number of nitrogens with one attached hydrogen (secondary N) is 2. The molecule has 1 unspecified atom stereocenters. The summed E-state index contributed by atoms with van der Waals surface area (Å²) in [6, 6.07) is 7.16. The molecule has 0 aliphatic heterocycles. The molecule has 0 aliphatic carbocycles. The lowest BCUT2D eigenvalue weighted by molar-refractivity contribution is -0.120. The number of anilines is 1. The summed E-state index contributed by atoms with van der Waals surface area (Å²) in [6.45, 7) is 7.20. The van der Waals surface area contributed by atoms with Gasteiger partial charge in [-0.05, 0) is 51.5 Å². The molecule has 1 atom stereocenters. The van der Waals surface area contributed by atoms with E-state index in [9.17, 15) is 9.59 Å². The predicted molar refractivity (Wildman–Crippen MR) is 88.1 cm³/mol. The minimum Gasteiger partial charge on any atom is -0.444 e. The topological polar surface area (TPSA) is 67.4 Å². The molecule has 0 saturated carbocycles. The fraction of sp³-hybridized carbons (Fsp3) is 0.500. The zero-order chi connectivity index (χ0) is 16.8. The highest BCUT2D eigenvalue weighted by Gasteiger charge is 2.19. The van der Waals surface area contributed by atoms with E-state index >= 15 is 0 Å². The van der Waals surface area contributed by atoms with Crippen molar-refractivity contribution in [3.8, 4) is 0 Å². The number of rotatable bonds is 5. The number of amides is 2. The molecule has 122 valence electrons. The number of benzene rings is 1. The van der Waals surface area contributed by atoms with Crippen LogP contribution in [0.2, 0.25) is 5.02 Å². The van der Waals surface area contributed by atoms with Gasteiger partial charge in [0, 0.05) is 23.2 Å². The van der Waals surface area contributed by atoms with Gasteiger partial charge in [0.05, 0.1) is 0 Å². The monoisotopic (exact) mass is 326 g/mol. The van der Waals surface area contributed by atoms with Crippen LogP contribution in [0.4, 0.5) is 10.5 Å². The number of carbonyl (C=O) groups excluding carboxylic acids is 2. The zero-order valence-electron chi connectivity index (χ0n) is 13.4. The number of ether oxygens (including phenoxy) is 1. The second kappa shape index (κ2) is 8.03. The summed E-state index contributed by atoms with van der Waals surface area (Å²) < 4.78 is 5.05. The number of halogens is 1. The van der Waals surface area contributed by atoms with Crippen molar-refractivity contribution in [2.24, 2.45) is 0 Å². The second-order valence-electron chi connectivity index (χ2n) is 6.01. The molecule has 0 spiro atoms. The van der Waals surface area contributed by atoms with Crippen molar-refractivity contribution in [2.45, 2.75) is 52.2 Å². The van der Waals surface area contributed by atoms with Crippen LogP contribution in [-0.2, 0) is 9.53 Å². The van der Waals surface area contributed by atoms with Gasteiger partial charge in [-0.2, -0.15) is 0 Å². The Hall–Kier alpha value is -1.75. The summed E-state index contributed by atoms with van der Waals surface area (Å²) in [5.74, 6) is -0.373. The van der Waals surface area contributed by atoms with Crippen LogP contribution >= 0.6 is 11.6 Å². The summed E-state index contributed by atoms with van der Waals surface area (Å²) >= 11 is 5.83. The van der Waals surface area contributed by atoms with Crippen LogP contribution in [-0.4, -0.2) is 23.6 Å². The molecule has 0 aromatic heterocycles. The summed E-state index contributed by atoms with van der Waals surface area (Å²) in [5, 5.41) is 6.13. The lowest BCUT2D eigenvalue weighted by Gasteiger charge is -2.21. The van der Waals surface area contributed by atoms with Crippen molar-refractivity contribution in [2.75, 3.05) is 5.32 Å². The zero-order valence-corrected chi connectivity index (χ0v) is 14.2. The average Bonchev–Trinajstić information content (AvgIpc) is 2.38. The van der Waals surface area contributed by atoms with E-state index in [0.29, 0.717) is 5.02 Å². The third-order valence-corrected chi connectivity index (χ3v) is 3.03. The quantitative estimate of drug-likeness (QED) is 0.859. The van der Waals surface area contributed by atoms with E-state index in [2.05, 4.69) is 10.6 Å². The van der Waals surface area contributed by atoms with Gasteiger partial charge in [-0.1, -0.05) is 18.5 Å². The molecule has 2 amide bonds. The third-order valence-electron chi connectivity index (χ3n) is 2.78. The maximum atomic E-state index is 11.9. The minimum atomic E-state index is -0.723. The normalized spacial score (nSPS) is 12.4. The molecule has 22 heavy (non-hydrogen) atoms. The van der Waals surface area contributed by atoms with Gasteiger partial charge in [0.25, 0.3) is 0 Å². The van der Waals surface area contributed by atoms with Crippen molar-refractivity contribution in [1.29, 1.82) is 0 Å². The fourth-order valence-corrected chi connectivity index (χ4v) is 1.90. The smallest absolute Gasteiger partial charge is 0.414 e. The maximum absolute atomic E-state index is 11.9. The largest absolute Gasteiger partial charge is 0.444 e. The molecular formula is C16H23ClN2O3. The Kier molecular flexibility index (Phi) is 6.68. The van der Waals surface area contributed by atoms with E-state index in [0.717, 1.165) is 12.1 Å². The Morgan fingerprint density at radius 3 is 2.32 bits per heavy atom. The molecule has 0 radical (unpaired) electrons. The second-order valence-corrected chi connectivity index (χ2v) is 6.45. The van der Waals surface area contributed by atoms with Gasteiger partial charge in [0.2, 0.25) is 5.91 Å². The Labute approximate surface area is 136 Å². The number of alkyl carbamates (subject to hydrolysis) is 1. The number of hydrogen-bond donors (Lipinski definition) is 2. The Morgan fingerprint density at radius 2 is 1.82 bits per heavy atom. The van der Waals surface area contributed by atoms with E-state index < -0.39 is 11.7 Å². The van der Waals surface area contributed by atoms with Crippen molar-refractivity contribution in [1.82, 2.24) is 5.32 Å². The standard InChI is InChI=1S/C16H23ClN2O3/c1-5-12(18-13-8-6-11(17)7-9-13)10-14(20)19-15(21)22-16(2,3)4/h6-9,12,18H,5,10H2,1-4H3,(H,19,20,21). The molecule has 0 bridgehead atoms. The number of hydrogen-bond acceptors (Lipinski definition) is 4. The van der Waals surface area contributed by atoms with E-state index in [-0.39, 0.29) is 18.4 Å². The SMILES string of the molecule is CCC(CC(=O)NC(=O)OC(C)(C)C)Nc1ccc(Cl)cc1. The van der Waals surface area contributed by atoms with Crippen molar-refractivity contribution in [3.05, 3.63) is 29.3 Å². The molecule has 1 aromatic carbocycles. The van der Waals surface area contributed by atoms with Gasteiger partial charge in [0.15, 0.2) is 0 Å². The van der Waals surface area contributed by atoms with Crippen LogP contribution < -0.4 is 10.6 Å². The van der Waals surface area contributed by atoms with Crippen LogP contribution in [0, 0.1) is 0 Å². The first kappa shape index (κ1) is 18.3. The first-order valence-corrected chi connectivity index (χ1v) is 7.62. The van der Waals surface area contributed by atoms with Crippen LogP contribution in [0.15, 0.2) is 24.3 Å². The first-order valence-electron chi connectivity index (χ1n) is 7.24. The first-order chi connectivity index (χ1) is 10.2. The Balaban J connectivity index is 2.49. The Morgan fingerprint density at radius 1 is 1.23 bits per heavy atom. The lowest BCUT2D eigenvalue weighted by Crippen LogP contribution is -2.38. The molecule has 6 heteroatoms. The van der Waals surface area contributed by atoms with E-state index in [1.807, 2.05) is 19.1 Å². The average molecular weight is 327 g/mol. The summed E-state index contributed by atoms with van der Waals surface area (Å²) in [6.07, 6.45) is 0.196. The highest BCUT2D eigenvalue weighted by atomic mass is 35.5. The maximum Gasteiger partial charge on any atom is 0.414 e. The molecule has 0 heterocycles. The molecule has 0 saturated heterocycles. The molecule has 1 rings (SSSR count). The van der Waals surface area contributed by atoms with E-state index in [1.165, 1.54) is 0 Å². The molecule has 1 aromatic rings. The highest BCUT2D eigenvalue weighted by Crippen LogP contribution is 2.16. The summed E-state index contributed by atoms with van der Waals surface area (Å²) in [7, 11) is 0. The van der Waals surface area contributed by atoms with Crippen molar-refractivity contribution >= 4 is 29.3 Å². The molecule has 5 nitrogen and oxygen atoms in total. The number of carbonyl (C=O) groups is 2. The van der Waals surface area contributed by atoms with E-state index in [4.69, 9.17) is 16.3 Å². The van der Waals surface area contributed by atoms with Gasteiger partial charge < -0.3 is 10.1 Å². The highest BCUT2D eigenvalue weighted by molar-refractivity contribution is 6.30. The Bertz CT molecular complexity index is 509. The molecule has 2 N–H and O–H groups in total. The van der Waals surface area contributed by atoms with Crippen LogP contribution in [0.25, 0.3) is 0 Å². The van der Waals surface area contributed by atoms with Gasteiger partial charge >= 0.3 is 6.09 Å². The molecule has 0 aliphatic rings. The molecular weight excluding hydrogens is 304 g/mol. The van der Waals surface area contributed by atoms with Gasteiger partial charge in [-0.15, -0.1) is 0 Å². The summed E-state index contributed by atoms with van der Waals surface area (Å²) in [5.41, 5.74) is 0.247. The van der Waals surface area contributed by atoms with Crippen molar-refractivity contribution in [3.63, 3.8) is 0 Å². The number of imide groups is 1. The van der Waals surface area contributed by atoms with Crippen LogP contribution in [0.3, 0.4) is 0 Å². The van der Waals surface area contributed by atoms with E-state index in [1.54, 1.807) is 32.9 Å². The van der Waals surface area contributed by atoms with Gasteiger partial charge in [-0.3, -0.25) is 10.1 Å². The van der Waals surface area contributed by atoms with Crippen LogP contribution in [0.1, 0.15) is 40.5 Å². The van der Waals surface area contributed by atoms with Crippen LogP contribution in [0.5, 0.6) is 0 Å².